The largest absolute Gasteiger partial charge is 0.461 e. The average molecular weight is 577 g/mol. The lowest BCUT2D eigenvalue weighted by Gasteiger charge is -2.24. The van der Waals surface area contributed by atoms with Crippen molar-refractivity contribution in [1.29, 1.82) is 0 Å². The van der Waals surface area contributed by atoms with Crippen LogP contribution in [0.25, 0.3) is 0 Å². The number of ether oxygens (including phenoxy) is 2. The molecule has 0 spiro atoms. The summed E-state index contributed by atoms with van der Waals surface area (Å²) >= 11 is 9.04. The van der Waals surface area contributed by atoms with E-state index in [1.165, 1.54) is 19.2 Å². The second-order valence-electron chi connectivity index (χ2n) is 6.59. The number of hydrogen-bond donors (Lipinski definition) is 0. The van der Waals surface area contributed by atoms with Crippen LogP contribution in [0.4, 0.5) is 15.8 Å². The van der Waals surface area contributed by atoms with E-state index in [-0.39, 0.29) is 27.5 Å². The number of carbonyl (C=O) groups excluding carboxylic acids is 2. The van der Waals surface area contributed by atoms with Crippen molar-refractivity contribution in [1.82, 2.24) is 0 Å². The van der Waals surface area contributed by atoms with Gasteiger partial charge < -0.3 is 14.3 Å². The van der Waals surface area contributed by atoms with E-state index in [2.05, 4.69) is 25.9 Å². The van der Waals surface area contributed by atoms with E-state index >= 15 is 0 Å². The summed E-state index contributed by atoms with van der Waals surface area (Å²) in [4.78, 5) is 48.4. The molecule has 2 aromatic rings. The third-order valence-electron chi connectivity index (χ3n) is 4.29. The van der Waals surface area contributed by atoms with E-state index in [1.54, 1.807) is 0 Å². The van der Waals surface area contributed by atoms with Crippen molar-refractivity contribution >= 4 is 57.1 Å². The molecule has 0 unspecified atom stereocenters. The topological polar surface area (TPSA) is 160 Å². The van der Waals surface area contributed by atoms with Crippen molar-refractivity contribution in [2.24, 2.45) is 5.16 Å². The maximum Gasteiger partial charge on any atom is 0.340 e. The molecule has 3 atom stereocenters. The molecular weight excluding hydrogens is 561 g/mol. The maximum absolute atomic E-state index is 14.8. The molecule has 0 aliphatic rings. The van der Waals surface area contributed by atoms with Crippen LogP contribution in [0, 0.1) is 20.2 Å². The highest BCUT2D eigenvalue weighted by molar-refractivity contribution is 9.09. The van der Waals surface area contributed by atoms with Gasteiger partial charge in [0.15, 0.2) is 12.3 Å². The molecule has 12 nitrogen and oxygen atoms in total. The van der Waals surface area contributed by atoms with Crippen LogP contribution in [0.5, 0.6) is 0 Å². The molecule has 0 heterocycles. The van der Waals surface area contributed by atoms with Gasteiger partial charge in [-0.05, 0) is 18.2 Å². The molecule has 0 aromatic heterocycles. The van der Waals surface area contributed by atoms with E-state index in [0.717, 1.165) is 30.3 Å². The summed E-state index contributed by atoms with van der Waals surface area (Å²) in [5, 5.41) is 24.6. The summed E-state index contributed by atoms with van der Waals surface area (Å²) in [5.41, 5.74) is -0.857. The maximum atomic E-state index is 14.8. The lowest BCUT2D eigenvalue weighted by atomic mass is 10.1. The number of nitro benzene ring substituents is 2. The molecular formula is C20H16BrClFN3O9. The van der Waals surface area contributed by atoms with Crippen molar-refractivity contribution in [3.05, 3.63) is 78.8 Å². The van der Waals surface area contributed by atoms with Crippen LogP contribution >= 0.6 is 27.5 Å². The van der Waals surface area contributed by atoms with Gasteiger partial charge in [0.25, 0.3) is 11.4 Å². The average Bonchev–Trinajstić information content (AvgIpc) is 2.83. The number of halogens is 3. The van der Waals surface area contributed by atoms with Crippen LogP contribution in [-0.2, 0) is 14.3 Å². The Bertz CT molecular complexity index is 1130. The van der Waals surface area contributed by atoms with Gasteiger partial charge in [0.2, 0.25) is 0 Å². The van der Waals surface area contributed by atoms with E-state index < -0.39 is 45.5 Å². The molecule has 0 N–H and O–H groups in total. The predicted octanol–water partition coefficient (Wildman–Crippen LogP) is 4.27. The van der Waals surface area contributed by atoms with Gasteiger partial charge in [0.05, 0.1) is 37.0 Å². The minimum Gasteiger partial charge on any atom is -0.461 e. The zero-order chi connectivity index (χ0) is 26.1. The Hall–Kier alpha value is -3.65. The lowest BCUT2D eigenvalue weighted by Crippen LogP contribution is -2.40. The number of esters is 2. The summed E-state index contributed by atoms with van der Waals surface area (Å²) in [6.07, 6.45) is -2.92. The minimum absolute atomic E-state index is 0.000694. The summed E-state index contributed by atoms with van der Waals surface area (Å²) < 4.78 is 25.0. The quantitative estimate of drug-likeness (QED) is 0.125. The minimum atomic E-state index is -2.03. The van der Waals surface area contributed by atoms with E-state index in [1.807, 2.05) is 0 Å². The molecule has 0 saturated heterocycles. The smallest absolute Gasteiger partial charge is 0.340 e. The molecule has 0 aliphatic carbocycles. The van der Waals surface area contributed by atoms with E-state index in [9.17, 15) is 34.2 Å². The second-order valence-corrected chi connectivity index (χ2v) is 8.17. The van der Waals surface area contributed by atoms with Gasteiger partial charge in [-0.25, -0.2) is 14.0 Å². The van der Waals surface area contributed by atoms with Gasteiger partial charge in [0.1, 0.15) is 13.7 Å². The fraction of sp³-hybridized carbons (Fsp3) is 0.250. The fourth-order valence-corrected chi connectivity index (χ4v) is 3.35. The molecule has 0 radical (unpaired) electrons. The molecule has 186 valence electrons. The van der Waals surface area contributed by atoms with Crippen molar-refractivity contribution in [3.63, 3.8) is 0 Å². The number of hydrogen-bond acceptors (Lipinski definition) is 10. The third kappa shape index (κ3) is 7.68. The summed E-state index contributed by atoms with van der Waals surface area (Å²) in [5.74, 6) is -1.97. The monoisotopic (exact) mass is 575 g/mol. The number of non-ortho nitro benzene ring substituents is 2. The SMILES string of the molecule is CO/N=C\[C@@H](F)[C@H](OC(=O)c1ccc([N+](=O)[O-])cc1Cl)[C@@H](Br)COC(=O)c1ccc([N+](=O)[O-])cc1. The van der Waals surface area contributed by atoms with Crippen molar-refractivity contribution in [2.45, 2.75) is 17.1 Å². The highest BCUT2D eigenvalue weighted by Crippen LogP contribution is 2.25. The van der Waals surface area contributed by atoms with Crippen LogP contribution in [-0.4, -0.2) is 58.8 Å². The first-order valence-electron chi connectivity index (χ1n) is 9.46. The summed E-state index contributed by atoms with van der Waals surface area (Å²) in [6.45, 7) is -0.483. The Morgan fingerprint density at radius 2 is 1.71 bits per heavy atom. The Balaban J connectivity index is 2.15. The Morgan fingerprint density at radius 1 is 1.11 bits per heavy atom. The fourth-order valence-electron chi connectivity index (χ4n) is 2.57. The lowest BCUT2D eigenvalue weighted by molar-refractivity contribution is -0.385. The molecule has 2 aromatic carbocycles. The van der Waals surface area contributed by atoms with Gasteiger partial charge in [-0.15, -0.1) is 0 Å². The summed E-state index contributed by atoms with van der Waals surface area (Å²) in [6, 6.07) is 7.59. The number of nitro groups is 2. The predicted molar refractivity (Wildman–Crippen MR) is 124 cm³/mol. The summed E-state index contributed by atoms with van der Waals surface area (Å²) in [7, 11) is 1.17. The number of nitrogens with zero attached hydrogens (tertiary/aromatic N) is 3. The van der Waals surface area contributed by atoms with Crippen LogP contribution in [0.3, 0.4) is 0 Å². The highest BCUT2D eigenvalue weighted by Gasteiger charge is 2.33. The number of oxime groups is 1. The van der Waals surface area contributed by atoms with Crippen LogP contribution in [0.2, 0.25) is 5.02 Å². The van der Waals surface area contributed by atoms with Gasteiger partial charge >= 0.3 is 11.9 Å². The van der Waals surface area contributed by atoms with Crippen molar-refractivity contribution < 1.29 is 38.1 Å². The Morgan fingerprint density at radius 3 is 2.26 bits per heavy atom. The normalized spacial score (nSPS) is 13.5. The van der Waals surface area contributed by atoms with Crippen molar-refractivity contribution in [3.8, 4) is 0 Å². The van der Waals surface area contributed by atoms with Gasteiger partial charge in [-0.2, -0.15) is 0 Å². The van der Waals surface area contributed by atoms with Crippen LogP contribution < -0.4 is 0 Å². The zero-order valence-electron chi connectivity index (χ0n) is 17.7. The molecule has 0 bridgehead atoms. The molecule has 15 heteroatoms. The number of benzene rings is 2. The van der Waals surface area contributed by atoms with E-state index in [4.69, 9.17) is 21.1 Å². The Kier molecular flexibility index (Phi) is 10.0. The van der Waals surface area contributed by atoms with E-state index in [0.29, 0.717) is 6.21 Å². The standard InChI is InChI=1S/C20H16BrClFN3O9/c1-33-24-9-17(23)18(35-20(28)14-7-6-13(26(31)32)8-16(14)22)15(21)10-34-19(27)11-2-4-12(5-3-11)25(29)30/h2-9,15,17-18H,10H2,1H3/b24-9-/t15-,17+,18+/m0/s1. The van der Waals surface area contributed by atoms with Gasteiger partial charge in [0, 0.05) is 24.3 Å². The first-order chi connectivity index (χ1) is 16.5. The Labute approximate surface area is 210 Å². The van der Waals surface area contributed by atoms with Crippen LogP contribution in [0.1, 0.15) is 20.7 Å². The van der Waals surface area contributed by atoms with Gasteiger partial charge in [-0.1, -0.05) is 32.7 Å². The number of carbonyl (C=O) groups is 2. The molecule has 0 amide bonds. The molecule has 0 aliphatic heterocycles. The molecule has 35 heavy (non-hydrogen) atoms. The first-order valence-corrected chi connectivity index (χ1v) is 10.8. The molecule has 0 saturated carbocycles. The first kappa shape index (κ1) is 27.6. The third-order valence-corrected chi connectivity index (χ3v) is 5.39. The molecule has 0 fully saturated rings. The second kappa shape index (κ2) is 12.7. The zero-order valence-corrected chi connectivity index (χ0v) is 20.0. The highest BCUT2D eigenvalue weighted by atomic mass is 79.9. The van der Waals surface area contributed by atoms with Gasteiger partial charge in [-0.3, -0.25) is 20.2 Å². The van der Waals surface area contributed by atoms with Crippen LogP contribution in [0.15, 0.2) is 47.6 Å². The number of rotatable bonds is 11. The molecule has 2 rings (SSSR count). The number of alkyl halides is 2. The van der Waals surface area contributed by atoms with Crippen molar-refractivity contribution in [2.75, 3.05) is 13.7 Å².